The number of nitrogens with one attached hydrogen (secondary N) is 1. The van der Waals surface area contributed by atoms with Gasteiger partial charge in [-0.1, -0.05) is 87.5 Å². The molecule has 7 heteroatoms. The molecule has 6 nitrogen and oxygen atoms in total. The van der Waals surface area contributed by atoms with E-state index in [2.05, 4.69) is 17.4 Å². The fraction of sp³-hybridized carbons (Fsp3) is 0.286. The van der Waals surface area contributed by atoms with Crippen molar-refractivity contribution in [1.29, 1.82) is 0 Å². The monoisotopic (exact) mass is 580 g/mol. The third-order valence-electron chi connectivity index (χ3n) is 7.36. The highest BCUT2D eigenvalue weighted by atomic mass is 32.1. The Morgan fingerprint density at radius 3 is 2.45 bits per heavy atom. The normalized spacial score (nSPS) is 15.7. The second kappa shape index (κ2) is 12.7. The van der Waals surface area contributed by atoms with E-state index in [1.54, 1.807) is 6.08 Å². The van der Waals surface area contributed by atoms with Gasteiger partial charge in [-0.15, -0.1) is 11.3 Å². The van der Waals surface area contributed by atoms with Gasteiger partial charge in [0.05, 0.1) is 10.6 Å². The van der Waals surface area contributed by atoms with E-state index in [-0.39, 0.29) is 29.8 Å². The second-order valence-electron chi connectivity index (χ2n) is 11.7. The van der Waals surface area contributed by atoms with E-state index in [9.17, 15) is 14.4 Å². The first kappa shape index (κ1) is 29.3. The van der Waals surface area contributed by atoms with Crippen molar-refractivity contribution in [2.45, 2.75) is 59.2 Å². The molecule has 0 saturated heterocycles. The maximum Gasteiger partial charge on any atom is 0.269 e. The predicted molar refractivity (Wildman–Crippen MR) is 168 cm³/mol. The Kier molecular flexibility index (Phi) is 8.88. The molecule has 5 rings (SSSR count). The van der Waals surface area contributed by atoms with Crippen LogP contribution in [0.25, 0.3) is 12.2 Å². The van der Waals surface area contributed by atoms with Crippen LogP contribution in [0.4, 0.5) is 0 Å². The topological polar surface area (TPSA) is 77.4 Å². The summed E-state index contributed by atoms with van der Waals surface area (Å²) < 4.78 is 8.22. The molecule has 1 amide bonds. The number of rotatable bonds is 8. The van der Waals surface area contributed by atoms with Crippen LogP contribution in [0.5, 0.6) is 5.75 Å². The van der Waals surface area contributed by atoms with Crippen molar-refractivity contribution in [1.82, 2.24) is 9.88 Å². The summed E-state index contributed by atoms with van der Waals surface area (Å²) in [5, 5.41) is 3.13. The fourth-order valence-corrected chi connectivity index (χ4v) is 6.00. The lowest BCUT2D eigenvalue weighted by atomic mass is 9.88. The zero-order valence-electron chi connectivity index (χ0n) is 24.3. The average Bonchev–Trinajstić information content (AvgIpc) is 3.25. The van der Waals surface area contributed by atoms with Gasteiger partial charge in [0.1, 0.15) is 23.6 Å². The number of carbonyl (C=O) groups excluding carboxylic acids is 2. The standard InChI is InChI=1S/C35H36N2O4S/c1-35(2,3)31(38)21-33-37(22-32(39)36-29-15-9-13-26-12-7-8-14-28(26)29)34(40)30(42-33)20-24-16-18-27(19-17-24)41-23-25-10-5-4-6-11-25/h4-8,10-12,14,16-21,29H,9,13,15,22-23H2,1-3H3,(H,36,39)/b30-20+,33-21-/t29-/m0/s1. The molecule has 0 saturated carbocycles. The number of ether oxygens (including phenoxy) is 1. The summed E-state index contributed by atoms with van der Waals surface area (Å²) in [6.45, 7) is 5.82. The van der Waals surface area contributed by atoms with Gasteiger partial charge < -0.3 is 10.1 Å². The quantitative estimate of drug-likeness (QED) is 0.322. The lowest BCUT2D eigenvalue weighted by molar-refractivity contribution is -0.123. The van der Waals surface area contributed by atoms with Gasteiger partial charge in [-0.2, -0.15) is 0 Å². The van der Waals surface area contributed by atoms with E-state index in [1.807, 2.05) is 87.5 Å². The van der Waals surface area contributed by atoms with Crippen LogP contribution in [0, 0.1) is 5.41 Å². The first-order valence-corrected chi connectivity index (χ1v) is 15.1. The number of hydrogen-bond donors (Lipinski definition) is 1. The molecule has 0 fully saturated rings. The lowest BCUT2D eigenvalue weighted by Gasteiger charge is -2.26. The Morgan fingerprint density at radius 1 is 1.00 bits per heavy atom. The smallest absolute Gasteiger partial charge is 0.269 e. The molecule has 1 aliphatic carbocycles. The minimum atomic E-state index is -0.613. The molecule has 4 aromatic rings. The van der Waals surface area contributed by atoms with E-state index < -0.39 is 5.41 Å². The maximum atomic E-state index is 13.6. The van der Waals surface area contributed by atoms with Gasteiger partial charge >= 0.3 is 0 Å². The van der Waals surface area contributed by atoms with Crippen molar-refractivity contribution in [3.05, 3.63) is 121 Å². The van der Waals surface area contributed by atoms with E-state index in [4.69, 9.17) is 4.74 Å². The first-order valence-electron chi connectivity index (χ1n) is 14.3. The number of carbonyl (C=O) groups is 2. The Morgan fingerprint density at radius 2 is 1.71 bits per heavy atom. The Labute approximate surface area is 250 Å². The van der Waals surface area contributed by atoms with Crippen molar-refractivity contribution in [3.8, 4) is 5.75 Å². The Balaban J connectivity index is 1.40. The summed E-state index contributed by atoms with van der Waals surface area (Å²) in [5.74, 6) is 0.372. The van der Waals surface area contributed by atoms with Crippen LogP contribution in [-0.4, -0.2) is 16.3 Å². The van der Waals surface area contributed by atoms with Crippen LogP contribution in [0.1, 0.15) is 61.9 Å². The highest BCUT2D eigenvalue weighted by Gasteiger charge is 2.23. The summed E-state index contributed by atoms with van der Waals surface area (Å²) >= 11 is 1.22. The summed E-state index contributed by atoms with van der Waals surface area (Å²) in [6.07, 6.45) is 6.13. The van der Waals surface area contributed by atoms with E-state index >= 15 is 0 Å². The van der Waals surface area contributed by atoms with Crippen LogP contribution in [0.15, 0.2) is 83.7 Å². The van der Waals surface area contributed by atoms with Gasteiger partial charge in [-0.25, -0.2) is 0 Å². The van der Waals surface area contributed by atoms with Crippen molar-refractivity contribution in [2.75, 3.05) is 0 Å². The number of ketones is 1. The maximum absolute atomic E-state index is 13.6. The SMILES string of the molecule is CC(C)(C)C(=O)/C=c1\s/c(=C/c2ccc(OCc3ccccc3)cc2)c(=O)n1CC(=O)N[C@H]1CCCc2ccccc21. The summed E-state index contributed by atoms with van der Waals surface area (Å²) in [5.41, 5.74) is 3.38. The molecule has 0 unspecified atom stereocenters. The van der Waals surface area contributed by atoms with E-state index in [1.165, 1.54) is 27.5 Å². The molecule has 42 heavy (non-hydrogen) atoms. The lowest BCUT2D eigenvalue weighted by Crippen LogP contribution is -2.40. The number of benzene rings is 3. The van der Waals surface area contributed by atoms with Gasteiger partial charge in [0.25, 0.3) is 5.56 Å². The van der Waals surface area contributed by atoms with Gasteiger partial charge in [-0.05, 0) is 59.7 Å². The number of Topliss-reactive ketones (excluding diaryl/α,β-unsaturated/α-hetero) is 1. The molecular weight excluding hydrogens is 544 g/mol. The van der Waals surface area contributed by atoms with E-state index in [0.29, 0.717) is 15.8 Å². The van der Waals surface area contributed by atoms with Crippen LogP contribution < -0.4 is 24.8 Å². The summed E-state index contributed by atoms with van der Waals surface area (Å²) in [7, 11) is 0. The van der Waals surface area contributed by atoms with Crippen molar-refractivity contribution < 1.29 is 14.3 Å². The van der Waals surface area contributed by atoms with Crippen molar-refractivity contribution in [3.63, 3.8) is 0 Å². The van der Waals surface area contributed by atoms with Crippen LogP contribution in [0.3, 0.4) is 0 Å². The molecule has 1 aliphatic rings. The number of fused-ring (bicyclic) bond motifs is 1. The number of nitrogens with zero attached hydrogens (tertiary/aromatic N) is 1. The van der Waals surface area contributed by atoms with E-state index in [0.717, 1.165) is 41.7 Å². The molecule has 0 spiro atoms. The van der Waals surface area contributed by atoms with Gasteiger partial charge in [0.15, 0.2) is 5.78 Å². The molecule has 1 N–H and O–H groups in total. The molecular formula is C35H36N2O4S. The zero-order valence-corrected chi connectivity index (χ0v) is 25.1. The fourth-order valence-electron chi connectivity index (χ4n) is 4.96. The molecule has 216 valence electrons. The first-order chi connectivity index (χ1) is 20.2. The van der Waals surface area contributed by atoms with Gasteiger partial charge in [-0.3, -0.25) is 19.0 Å². The Bertz CT molecular complexity index is 1750. The zero-order chi connectivity index (χ0) is 29.7. The Hall–Kier alpha value is -4.23. The third kappa shape index (κ3) is 7.15. The highest BCUT2D eigenvalue weighted by molar-refractivity contribution is 7.07. The summed E-state index contributed by atoms with van der Waals surface area (Å²) in [4.78, 5) is 39.8. The number of amides is 1. The van der Waals surface area contributed by atoms with Gasteiger partial charge in [0, 0.05) is 11.5 Å². The van der Waals surface area contributed by atoms with Crippen molar-refractivity contribution >= 4 is 35.2 Å². The molecule has 0 aliphatic heterocycles. The third-order valence-corrected chi connectivity index (χ3v) is 8.42. The molecule has 0 radical (unpaired) electrons. The van der Waals surface area contributed by atoms with Crippen LogP contribution >= 0.6 is 11.3 Å². The van der Waals surface area contributed by atoms with Crippen LogP contribution in [0.2, 0.25) is 0 Å². The molecule has 1 heterocycles. The largest absolute Gasteiger partial charge is 0.489 e. The minimum Gasteiger partial charge on any atom is -0.489 e. The number of hydrogen-bond acceptors (Lipinski definition) is 5. The predicted octanol–water partition coefficient (Wildman–Crippen LogP) is 4.91. The van der Waals surface area contributed by atoms with Gasteiger partial charge in [0.2, 0.25) is 5.91 Å². The molecule has 1 atom stereocenters. The average molecular weight is 581 g/mol. The molecule has 3 aromatic carbocycles. The summed E-state index contributed by atoms with van der Waals surface area (Å²) in [6, 6.07) is 25.5. The number of aromatic nitrogens is 1. The molecule has 1 aromatic heterocycles. The number of thiazole rings is 1. The highest BCUT2D eigenvalue weighted by Crippen LogP contribution is 2.29. The number of aryl methyl sites for hydroxylation is 1. The van der Waals surface area contributed by atoms with Crippen molar-refractivity contribution in [2.24, 2.45) is 5.41 Å². The van der Waals surface area contributed by atoms with Crippen LogP contribution in [-0.2, 0) is 29.2 Å². The minimum absolute atomic E-state index is 0.0888. The molecule has 0 bridgehead atoms. The second-order valence-corrected chi connectivity index (χ2v) is 12.7.